The monoisotopic (exact) mass is 578 g/mol. The van der Waals surface area contributed by atoms with Gasteiger partial charge in [-0.15, -0.1) is 0 Å². The summed E-state index contributed by atoms with van der Waals surface area (Å²) in [5.41, 5.74) is 4.69. The number of rotatable bonds is 14. The number of primary amides is 1. The van der Waals surface area contributed by atoms with Gasteiger partial charge in [0.25, 0.3) is 0 Å². The third kappa shape index (κ3) is 8.40. The van der Waals surface area contributed by atoms with Crippen LogP contribution in [0.5, 0.6) is 0 Å². The maximum atomic E-state index is 13.5. The molecular formula is C27H42N6O8. The maximum absolute atomic E-state index is 13.5. The number of nitrogens with two attached hydrogens (primary N) is 1. The summed E-state index contributed by atoms with van der Waals surface area (Å²) in [5.74, 6) is -4.02. The van der Waals surface area contributed by atoms with Gasteiger partial charge in [0.2, 0.25) is 35.4 Å². The number of nitrogens with one attached hydrogen (secondary N) is 5. The number of carbonyl (C=O) groups excluding carboxylic acids is 6. The van der Waals surface area contributed by atoms with Crippen LogP contribution in [0, 0.1) is 23.2 Å². The summed E-state index contributed by atoms with van der Waals surface area (Å²) in [6.07, 6.45) is 4.32. The minimum absolute atomic E-state index is 0.0755. The molecular weight excluding hydrogens is 536 g/mol. The van der Waals surface area contributed by atoms with Gasteiger partial charge in [-0.25, -0.2) is 0 Å². The lowest BCUT2D eigenvalue weighted by Crippen LogP contribution is -2.67. The predicted molar refractivity (Wildman–Crippen MR) is 144 cm³/mol. The Bertz CT molecular complexity index is 1060. The van der Waals surface area contributed by atoms with Crippen molar-refractivity contribution in [3.8, 4) is 0 Å². The van der Waals surface area contributed by atoms with E-state index < -0.39 is 72.1 Å². The molecule has 4 bridgehead atoms. The van der Waals surface area contributed by atoms with Gasteiger partial charge in [-0.1, -0.05) is 13.8 Å². The number of carbonyl (C=O) groups is 7. The SMILES string of the molecule is CC(=O)N[C@@H](CC(=O)O)C(=O)NCC(=O)NCC(=O)N[C@@H](CC(C)C)C(=O)NC12CC3C[C@H](C1)CC(C(N)=O)(C3)C2. The summed E-state index contributed by atoms with van der Waals surface area (Å²) in [6.45, 7) is 3.95. The zero-order valence-electron chi connectivity index (χ0n) is 23.8. The normalized spacial score (nSPS) is 27.3. The molecule has 3 unspecified atom stereocenters. The summed E-state index contributed by atoms with van der Waals surface area (Å²) in [5, 5.41) is 21.6. The van der Waals surface area contributed by atoms with Gasteiger partial charge in [-0.05, 0) is 62.7 Å². The Balaban J connectivity index is 1.53. The van der Waals surface area contributed by atoms with Crippen LogP contribution in [0.4, 0.5) is 0 Å². The Hall–Kier alpha value is -3.71. The summed E-state index contributed by atoms with van der Waals surface area (Å²) in [7, 11) is 0. The van der Waals surface area contributed by atoms with Gasteiger partial charge in [0.15, 0.2) is 0 Å². The van der Waals surface area contributed by atoms with Crippen molar-refractivity contribution in [3.63, 3.8) is 0 Å². The van der Waals surface area contributed by atoms with E-state index in [-0.39, 0.29) is 17.7 Å². The van der Waals surface area contributed by atoms with E-state index in [0.717, 1.165) is 39.0 Å². The molecule has 4 aliphatic carbocycles. The van der Waals surface area contributed by atoms with Gasteiger partial charge in [0, 0.05) is 12.5 Å². The molecule has 0 saturated heterocycles. The third-order valence-corrected chi connectivity index (χ3v) is 8.27. The molecule has 8 N–H and O–H groups in total. The fraction of sp³-hybridized carbons (Fsp3) is 0.741. The molecule has 4 fully saturated rings. The van der Waals surface area contributed by atoms with Crippen molar-refractivity contribution >= 4 is 41.4 Å². The summed E-state index contributed by atoms with van der Waals surface area (Å²) < 4.78 is 0. The lowest BCUT2D eigenvalue weighted by atomic mass is 9.46. The minimum Gasteiger partial charge on any atom is -0.481 e. The van der Waals surface area contributed by atoms with Crippen LogP contribution in [-0.2, 0) is 33.6 Å². The Kier molecular flexibility index (Phi) is 9.98. The molecule has 4 saturated carbocycles. The van der Waals surface area contributed by atoms with Crippen LogP contribution in [0.2, 0.25) is 0 Å². The fourth-order valence-corrected chi connectivity index (χ4v) is 7.16. The molecule has 4 rings (SSSR count). The van der Waals surface area contributed by atoms with Gasteiger partial charge >= 0.3 is 5.97 Å². The molecule has 6 amide bonds. The molecule has 0 heterocycles. The van der Waals surface area contributed by atoms with Crippen LogP contribution in [0.25, 0.3) is 0 Å². The molecule has 0 aliphatic heterocycles. The smallest absolute Gasteiger partial charge is 0.305 e. The van der Waals surface area contributed by atoms with Gasteiger partial charge < -0.3 is 37.4 Å². The largest absolute Gasteiger partial charge is 0.481 e. The first-order valence-corrected chi connectivity index (χ1v) is 14.1. The van der Waals surface area contributed by atoms with Crippen molar-refractivity contribution in [3.05, 3.63) is 0 Å². The third-order valence-electron chi connectivity index (χ3n) is 8.27. The first kappa shape index (κ1) is 31.8. The van der Waals surface area contributed by atoms with Gasteiger partial charge in [0.05, 0.1) is 24.9 Å². The zero-order valence-corrected chi connectivity index (χ0v) is 23.8. The van der Waals surface area contributed by atoms with Crippen molar-refractivity contribution in [2.24, 2.45) is 28.9 Å². The quantitative estimate of drug-likeness (QED) is 0.130. The van der Waals surface area contributed by atoms with Gasteiger partial charge in [-0.3, -0.25) is 33.6 Å². The van der Waals surface area contributed by atoms with E-state index in [1.165, 1.54) is 0 Å². The highest BCUT2D eigenvalue weighted by atomic mass is 16.4. The minimum atomic E-state index is -1.36. The highest BCUT2D eigenvalue weighted by molar-refractivity contribution is 5.94. The van der Waals surface area contributed by atoms with Crippen molar-refractivity contribution in [2.75, 3.05) is 13.1 Å². The van der Waals surface area contributed by atoms with Crippen LogP contribution in [0.3, 0.4) is 0 Å². The van der Waals surface area contributed by atoms with E-state index in [0.29, 0.717) is 24.7 Å². The molecule has 0 spiro atoms. The van der Waals surface area contributed by atoms with Crippen LogP contribution in [0.15, 0.2) is 0 Å². The molecule has 0 aromatic rings. The van der Waals surface area contributed by atoms with Crippen LogP contribution < -0.4 is 32.3 Å². The fourth-order valence-electron chi connectivity index (χ4n) is 7.16. The van der Waals surface area contributed by atoms with E-state index in [1.54, 1.807) is 0 Å². The number of aliphatic carboxylic acids is 1. The van der Waals surface area contributed by atoms with E-state index >= 15 is 0 Å². The number of hydrogen-bond acceptors (Lipinski definition) is 7. The topological polar surface area (TPSA) is 226 Å². The Morgan fingerprint density at radius 3 is 2.00 bits per heavy atom. The second kappa shape index (κ2) is 12.9. The van der Waals surface area contributed by atoms with Gasteiger partial charge in [-0.2, -0.15) is 0 Å². The number of carboxylic acid groups (broad SMARTS) is 1. The molecule has 41 heavy (non-hydrogen) atoms. The molecule has 228 valence electrons. The van der Waals surface area contributed by atoms with Crippen molar-refractivity contribution in [1.29, 1.82) is 0 Å². The number of hydrogen-bond donors (Lipinski definition) is 7. The highest BCUT2D eigenvalue weighted by Crippen LogP contribution is 2.61. The number of amides is 6. The van der Waals surface area contributed by atoms with Crippen LogP contribution in [-0.4, -0.2) is 77.2 Å². The van der Waals surface area contributed by atoms with E-state index in [9.17, 15) is 33.6 Å². The first-order chi connectivity index (χ1) is 19.1. The molecule has 0 aromatic carbocycles. The van der Waals surface area contributed by atoms with Crippen LogP contribution >= 0.6 is 0 Å². The Morgan fingerprint density at radius 1 is 0.854 bits per heavy atom. The van der Waals surface area contributed by atoms with E-state index in [2.05, 4.69) is 26.6 Å². The average Bonchev–Trinajstić information content (AvgIpc) is 2.83. The lowest BCUT2D eigenvalue weighted by molar-refractivity contribution is -0.151. The Labute approximate surface area is 238 Å². The van der Waals surface area contributed by atoms with Crippen molar-refractivity contribution < 1.29 is 38.7 Å². The Morgan fingerprint density at radius 2 is 1.46 bits per heavy atom. The molecule has 14 nitrogen and oxygen atoms in total. The predicted octanol–water partition coefficient (Wildman–Crippen LogP) is -1.33. The molecule has 0 aromatic heterocycles. The average molecular weight is 579 g/mol. The lowest BCUT2D eigenvalue weighted by Gasteiger charge is -2.61. The summed E-state index contributed by atoms with van der Waals surface area (Å²) in [6, 6.07) is -2.21. The molecule has 0 radical (unpaired) electrons. The van der Waals surface area contributed by atoms with E-state index in [1.807, 2.05) is 13.8 Å². The molecule has 6 atom stereocenters. The van der Waals surface area contributed by atoms with Crippen molar-refractivity contribution in [2.45, 2.75) is 89.8 Å². The molecule has 14 heteroatoms. The van der Waals surface area contributed by atoms with Crippen molar-refractivity contribution in [1.82, 2.24) is 26.6 Å². The van der Waals surface area contributed by atoms with Crippen LogP contribution in [0.1, 0.15) is 72.1 Å². The number of carboxylic acids is 1. The standard InChI is InChI=1S/C27H42N6O8/c1-14(2)4-18(24(40)33-27-9-16-5-17(10-27)8-26(7-16,13-27)25(28)41)32-21(36)12-29-20(35)11-30-23(39)19(6-22(37)38)31-15(3)34/h14,16-19H,4-13H2,1-3H3,(H2,28,41)(H,29,35)(H,30,39)(H,31,34)(H,32,36)(H,33,40)(H,37,38)/t16-,17?,18-,19-,26?,27?/m0/s1. The first-order valence-electron chi connectivity index (χ1n) is 14.1. The molecule has 4 aliphatic rings. The summed E-state index contributed by atoms with van der Waals surface area (Å²) in [4.78, 5) is 85.0. The second-order valence-corrected chi connectivity index (χ2v) is 12.5. The highest BCUT2D eigenvalue weighted by Gasteiger charge is 2.60. The maximum Gasteiger partial charge on any atom is 0.305 e. The second-order valence-electron chi connectivity index (χ2n) is 12.5. The summed E-state index contributed by atoms with van der Waals surface area (Å²) >= 11 is 0. The zero-order chi connectivity index (χ0) is 30.5. The van der Waals surface area contributed by atoms with E-state index in [4.69, 9.17) is 10.8 Å². The van der Waals surface area contributed by atoms with Gasteiger partial charge in [0.1, 0.15) is 12.1 Å².